The van der Waals surface area contributed by atoms with E-state index in [1.807, 2.05) is 13.8 Å². The van der Waals surface area contributed by atoms with Crippen molar-refractivity contribution in [2.75, 3.05) is 11.9 Å². The Morgan fingerprint density at radius 3 is 2.45 bits per heavy atom. The van der Waals surface area contributed by atoms with Gasteiger partial charge in [-0.2, -0.15) is 0 Å². The van der Waals surface area contributed by atoms with Gasteiger partial charge in [-0.1, -0.05) is 26.0 Å². The van der Waals surface area contributed by atoms with Crippen LogP contribution < -0.4 is 10.6 Å². The van der Waals surface area contributed by atoms with Gasteiger partial charge < -0.3 is 10.6 Å². The molecule has 0 aromatic heterocycles. The molecule has 0 saturated carbocycles. The summed E-state index contributed by atoms with van der Waals surface area (Å²) in [6.45, 7) is 3.94. The highest BCUT2D eigenvalue weighted by atomic mass is 16.2. The SMILES string of the molecule is CC(C)C(=O)Nc1ccc(CN2C(=O)CNC2=O)cc1. The van der Waals surface area contributed by atoms with Crippen molar-refractivity contribution < 1.29 is 14.4 Å². The van der Waals surface area contributed by atoms with E-state index in [0.717, 1.165) is 5.56 Å². The van der Waals surface area contributed by atoms with Crippen molar-refractivity contribution in [1.82, 2.24) is 10.2 Å². The van der Waals surface area contributed by atoms with E-state index in [9.17, 15) is 14.4 Å². The number of hydrogen-bond donors (Lipinski definition) is 2. The molecule has 0 radical (unpaired) electrons. The Kier molecular flexibility index (Phi) is 4.02. The second kappa shape index (κ2) is 5.73. The maximum Gasteiger partial charge on any atom is 0.324 e. The van der Waals surface area contributed by atoms with E-state index in [2.05, 4.69) is 10.6 Å². The standard InChI is InChI=1S/C14H17N3O3/c1-9(2)13(19)16-11-5-3-10(4-6-11)8-17-12(18)7-15-14(17)20/h3-6,9H,7-8H2,1-2H3,(H,15,20)(H,16,19). The summed E-state index contributed by atoms with van der Waals surface area (Å²) < 4.78 is 0. The zero-order chi connectivity index (χ0) is 14.7. The average Bonchev–Trinajstić information content (AvgIpc) is 2.72. The molecule has 1 aromatic rings. The average molecular weight is 275 g/mol. The van der Waals surface area contributed by atoms with E-state index in [4.69, 9.17) is 0 Å². The molecule has 2 rings (SSSR count). The number of nitrogens with zero attached hydrogens (tertiary/aromatic N) is 1. The van der Waals surface area contributed by atoms with Crippen LogP contribution in [-0.4, -0.2) is 29.3 Å². The lowest BCUT2D eigenvalue weighted by Crippen LogP contribution is -2.30. The normalized spacial score (nSPS) is 14.7. The van der Waals surface area contributed by atoms with Crippen molar-refractivity contribution in [3.8, 4) is 0 Å². The Hall–Kier alpha value is -2.37. The third-order valence-electron chi connectivity index (χ3n) is 3.02. The van der Waals surface area contributed by atoms with Gasteiger partial charge >= 0.3 is 6.03 Å². The summed E-state index contributed by atoms with van der Waals surface area (Å²) in [5.74, 6) is -0.361. The van der Waals surface area contributed by atoms with Crippen molar-refractivity contribution in [3.63, 3.8) is 0 Å². The van der Waals surface area contributed by atoms with Gasteiger partial charge in [0.2, 0.25) is 11.8 Å². The predicted molar refractivity (Wildman–Crippen MR) is 73.9 cm³/mol. The highest BCUT2D eigenvalue weighted by Crippen LogP contribution is 2.14. The van der Waals surface area contributed by atoms with Crippen LogP contribution in [0.15, 0.2) is 24.3 Å². The summed E-state index contributed by atoms with van der Waals surface area (Å²) in [4.78, 5) is 35.6. The third-order valence-corrected chi connectivity index (χ3v) is 3.02. The zero-order valence-corrected chi connectivity index (χ0v) is 11.5. The van der Waals surface area contributed by atoms with Crippen molar-refractivity contribution in [2.45, 2.75) is 20.4 Å². The van der Waals surface area contributed by atoms with Crippen molar-refractivity contribution in [3.05, 3.63) is 29.8 Å². The molecular weight excluding hydrogens is 258 g/mol. The van der Waals surface area contributed by atoms with Crippen LogP contribution in [0, 0.1) is 5.92 Å². The van der Waals surface area contributed by atoms with Crippen molar-refractivity contribution in [1.29, 1.82) is 0 Å². The molecule has 6 heteroatoms. The Labute approximate surface area is 117 Å². The number of nitrogens with one attached hydrogen (secondary N) is 2. The van der Waals surface area contributed by atoms with Gasteiger partial charge in [0.05, 0.1) is 13.1 Å². The van der Waals surface area contributed by atoms with E-state index in [0.29, 0.717) is 5.69 Å². The number of rotatable bonds is 4. The maximum absolute atomic E-state index is 11.5. The van der Waals surface area contributed by atoms with Crippen LogP contribution in [0.4, 0.5) is 10.5 Å². The van der Waals surface area contributed by atoms with E-state index >= 15 is 0 Å². The Bertz CT molecular complexity index is 521. The second-order valence-electron chi connectivity index (χ2n) is 4.98. The number of anilines is 1. The molecule has 1 fully saturated rings. The molecular formula is C14H17N3O3. The minimum Gasteiger partial charge on any atom is -0.329 e. The van der Waals surface area contributed by atoms with Gasteiger partial charge in [0.25, 0.3) is 0 Å². The van der Waals surface area contributed by atoms with Gasteiger partial charge in [-0.15, -0.1) is 0 Å². The van der Waals surface area contributed by atoms with Crippen LogP contribution in [0.25, 0.3) is 0 Å². The van der Waals surface area contributed by atoms with Gasteiger partial charge in [0.1, 0.15) is 0 Å². The summed E-state index contributed by atoms with van der Waals surface area (Å²) >= 11 is 0. The summed E-state index contributed by atoms with van der Waals surface area (Å²) in [6.07, 6.45) is 0. The third kappa shape index (κ3) is 3.14. The van der Waals surface area contributed by atoms with E-state index < -0.39 is 0 Å². The second-order valence-corrected chi connectivity index (χ2v) is 4.98. The quantitative estimate of drug-likeness (QED) is 0.814. The van der Waals surface area contributed by atoms with Gasteiger partial charge in [-0.05, 0) is 17.7 Å². The number of carbonyl (C=O) groups excluding carboxylic acids is 3. The fraction of sp³-hybridized carbons (Fsp3) is 0.357. The first-order valence-corrected chi connectivity index (χ1v) is 6.45. The number of amides is 4. The summed E-state index contributed by atoms with van der Waals surface area (Å²) in [5, 5.41) is 5.25. The molecule has 1 aliphatic heterocycles. The highest BCUT2D eigenvalue weighted by Gasteiger charge is 2.28. The van der Waals surface area contributed by atoms with Gasteiger partial charge in [-0.3, -0.25) is 14.5 Å². The van der Waals surface area contributed by atoms with E-state index in [1.165, 1.54) is 4.90 Å². The minimum absolute atomic E-state index is 0.0492. The van der Waals surface area contributed by atoms with Crippen LogP contribution in [-0.2, 0) is 16.1 Å². The summed E-state index contributed by atoms with van der Waals surface area (Å²) in [6, 6.07) is 6.72. The fourth-order valence-electron chi connectivity index (χ4n) is 1.78. The number of benzene rings is 1. The molecule has 106 valence electrons. The molecule has 4 amide bonds. The Morgan fingerprint density at radius 2 is 1.95 bits per heavy atom. The smallest absolute Gasteiger partial charge is 0.324 e. The lowest BCUT2D eigenvalue weighted by atomic mass is 10.1. The zero-order valence-electron chi connectivity index (χ0n) is 11.5. The molecule has 1 aliphatic rings. The molecule has 0 bridgehead atoms. The molecule has 0 atom stereocenters. The molecule has 0 unspecified atom stereocenters. The molecule has 0 aliphatic carbocycles. The van der Waals surface area contributed by atoms with Crippen molar-refractivity contribution >= 4 is 23.5 Å². The number of urea groups is 1. The van der Waals surface area contributed by atoms with E-state index in [1.54, 1.807) is 24.3 Å². The van der Waals surface area contributed by atoms with Crippen LogP contribution in [0.3, 0.4) is 0 Å². The Balaban J connectivity index is 2.00. The van der Waals surface area contributed by atoms with Crippen LogP contribution in [0.5, 0.6) is 0 Å². The lowest BCUT2D eigenvalue weighted by molar-refractivity contribution is -0.125. The first-order chi connectivity index (χ1) is 9.47. The molecule has 20 heavy (non-hydrogen) atoms. The monoisotopic (exact) mass is 275 g/mol. The fourth-order valence-corrected chi connectivity index (χ4v) is 1.78. The number of hydrogen-bond acceptors (Lipinski definition) is 3. The minimum atomic E-state index is -0.368. The summed E-state index contributed by atoms with van der Waals surface area (Å²) in [5.41, 5.74) is 1.53. The number of carbonyl (C=O) groups is 3. The molecule has 1 heterocycles. The highest BCUT2D eigenvalue weighted by molar-refractivity contribution is 6.01. The van der Waals surface area contributed by atoms with Gasteiger partial charge in [-0.25, -0.2) is 4.79 Å². The number of imide groups is 1. The topological polar surface area (TPSA) is 78.5 Å². The largest absolute Gasteiger partial charge is 0.329 e. The van der Waals surface area contributed by atoms with Gasteiger partial charge in [0.15, 0.2) is 0 Å². The summed E-state index contributed by atoms with van der Waals surface area (Å²) in [7, 11) is 0. The van der Waals surface area contributed by atoms with Crippen LogP contribution in [0.1, 0.15) is 19.4 Å². The van der Waals surface area contributed by atoms with Crippen molar-refractivity contribution in [2.24, 2.45) is 5.92 Å². The molecule has 2 N–H and O–H groups in total. The van der Waals surface area contributed by atoms with Crippen LogP contribution >= 0.6 is 0 Å². The first kappa shape index (κ1) is 14.0. The predicted octanol–water partition coefficient (Wildman–Crippen LogP) is 1.33. The molecule has 0 spiro atoms. The molecule has 1 saturated heterocycles. The lowest BCUT2D eigenvalue weighted by Gasteiger charge is -2.13. The Morgan fingerprint density at radius 1 is 1.30 bits per heavy atom. The maximum atomic E-state index is 11.5. The first-order valence-electron chi connectivity index (χ1n) is 6.45. The van der Waals surface area contributed by atoms with Crippen LogP contribution in [0.2, 0.25) is 0 Å². The molecule has 1 aromatic carbocycles. The molecule has 6 nitrogen and oxygen atoms in total. The van der Waals surface area contributed by atoms with E-state index in [-0.39, 0.29) is 36.9 Å². The van der Waals surface area contributed by atoms with Gasteiger partial charge in [0, 0.05) is 11.6 Å².